The Bertz CT molecular complexity index is 320. The fourth-order valence-electron chi connectivity index (χ4n) is 1.69. The Labute approximate surface area is 110 Å². The van der Waals surface area contributed by atoms with E-state index < -0.39 is 0 Å². The van der Waals surface area contributed by atoms with Crippen molar-refractivity contribution in [3.63, 3.8) is 0 Å². The Kier molecular flexibility index (Phi) is 6.63. The number of hydrogen-bond donors (Lipinski definition) is 2. The standard InChI is InChI=1S/C14H22N2S/c1-3-13(4-2)16-14(17)15-11-10-12-8-6-5-7-9-12/h5-9,13H,3-4,10-11H2,1-2H3,(H2,15,16,17). The molecule has 3 heteroatoms. The van der Waals surface area contributed by atoms with E-state index in [9.17, 15) is 0 Å². The van der Waals surface area contributed by atoms with Gasteiger partial charge >= 0.3 is 0 Å². The molecule has 1 aromatic carbocycles. The van der Waals surface area contributed by atoms with Gasteiger partial charge < -0.3 is 10.6 Å². The van der Waals surface area contributed by atoms with Gasteiger partial charge in [0.15, 0.2) is 5.11 Å². The zero-order valence-corrected chi connectivity index (χ0v) is 11.5. The highest BCUT2D eigenvalue weighted by Crippen LogP contribution is 1.98. The quantitative estimate of drug-likeness (QED) is 0.759. The number of thiocarbonyl (C=S) groups is 1. The van der Waals surface area contributed by atoms with Crippen LogP contribution in [0.2, 0.25) is 0 Å². The first-order valence-electron chi connectivity index (χ1n) is 6.34. The van der Waals surface area contributed by atoms with Crippen molar-refractivity contribution in [1.29, 1.82) is 0 Å². The van der Waals surface area contributed by atoms with E-state index >= 15 is 0 Å². The molecule has 0 aliphatic rings. The van der Waals surface area contributed by atoms with Gasteiger partial charge in [-0.05, 0) is 37.0 Å². The molecule has 94 valence electrons. The first-order chi connectivity index (χ1) is 8.26. The predicted octanol–water partition coefficient (Wildman–Crippen LogP) is 2.88. The number of rotatable bonds is 6. The van der Waals surface area contributed by atoms with Crippen molar-refractivity contribution in [3.05, 3.63) is 35.9 Å². The van der Waals surface area contributed by atoms with Crippen molar-refractivity contribution < 1.29 is 0 Å². The van der Waals surface area contributed by atoms with Crippen LogP contribution in [0, 0.1) is 0 Å². The van der Waals surface area contributed by atoms with Crippen LogP contribution < -0.4 is 10.6 Å². The van der Waals surface area contributed by atoms with Gasteiger partial charge in [0, 0.05) is 12.6 Å². The molecule has 0 aliphatic carbocycles. The molecule has 0 atom stereocenters. The lowest BCUT2D eigenvalue weighted by Crippen LogP contribution is -2.42. The van der Waals surface area contributed by atoms with Gasteiger partial charge in [-0.3, -0.25) is 0 Å². The summed E-state index contributed by atoms with van der Waals surface area (Å²) in [5.41, 5.74) is 1.34. The molecule has 0 saturated heterocycles. The zero-order valence-electron chi connectivity index (χ0n) is 10.7. The van der Waals surface area contributed by atoms with Gasteiger partial charge in [-0.25, -0.2) is 0 Å². The summed E-state index contributed by atoms with van der Waals surface area (Å²) < 4.78 is 0. The van der Waals surface area contributed by atoms with Crippen molar-refractivity contribution in [2.45, 2.75) is 39.2 Å². The van der Waals surface area contributed by atoms with Crippen LogP contribution in [-0.4, -0.2) is 17.7 Å². The third kappa shape index (κ3) is 5.68. The number of benzene rings is 1. The molecule has 0 bridgehead atoms. The Morgan fingerprint density at radius 1 is 1.18 bits per heavy atom. The summed E-state index contributed by atoms with van der Waals surface area (Å²) in [4.78, 5) is 0. The van der Waals surface area contributed by atoms with Gasteiger partial charge in [-0.2, -0.15) is 0 Å². The molecule has 2 N–H and O–H groups in total. The summed E-state index contributed by atoms with van der Waals surface area (Å²) in [5, 5.41) is 7.35. The molecule has 0 spiro atoms. The fraction of sp³-hybridized carbons (Fsp3) is 0.500. The minimum absolute atomic E-state index is 0.492. The normalized spacial score (nSPS) is 10.3. The molecule has 0 radical (unpaired) electrons. The Morgan fingerprint density at radius 3 is 2.41 bits per heavy atom. The summed E-state index contributed by atoms with van der Waals surface area (Å²) >= 11 is 5.26. The van der Waals surface area contributed by atoms with Gasteiger partial charge in [0.25, 0.3) is 0 Å². The molecule has 17 heavy (non-hydrogen) atoms. The van der Waals surface area contributed by atoms with Gasteiger partial charge in [-0.1, -0.05) is 44.2 Å². The molecule has 1 rings (SSSR count). The van der Waals surface area contributed by atoms with Crippen LogP contribution >= 0.6 is 12.2 Å². The molecule has 2 nitrogen and oxygen atoms in total. The second kappa shape index (κ2) is 8.07. The van der Waals surface area contributed by atoms with Gasteiger partial charge in [0.1, 0.15) is 0 Å². The highest BCUT2D eigenvalue weighted by atomic mass is 32.1. The van der Waals surface area contributed by atoms with Crippen LogP contribution in [0.3, 0.4) is 0 Å². The highest BCUT2D eigenvalue weighted by Gasteiger charge is 2.03. The Balaban J connectivity index is 2.20. The third-order valence-corrected chi connectivity index (χ3v) is 3.13. The maximum absolute atomic E-state index is 5.26. The van der Waals surface area contributed by atoms with E-state index in [1.54, 1.807) is 0 Å². The molecule has 0 unspecified atom stereocenters. The van der Waals surface area contributed by atoms with Gasteiger partial charge in [0.2, 0.25) is 0 Å². The van der Waals surface area contributed by atoms with Crippen molar-refractivity contribution in [2.75, 3.05) is 6.54 Å². The second-order valence-corrected chi connectivity index (χ2v) is 4.56. The molecular weight excluding hydrogens is 228 g/mol. The molecular formula is C14H22N2S. The fourth-order valence-corrected chi connectivity index (χ4v) is 1.96. The molecule has 0 amide bonds. The minimum atomic E-state index is 0.492. The van der Waals surface area contributed by atoms with E-state index in [0.29, 0.717) is 6.04 Å². The molecule has 0 aliphatic heterocycles. The van der Waals surface area contributed by atoms with E-state index in [2.05, 4.69) is 48.7 Å². The van der Waals surface area contributed by atoms with Crippen LogP contribution in [0.15, 0.2) is 30.3 Å². The second-order valence-electron chi connectivity index (χ2n) is 4.15. The lowest BCUT2D eigenvalue weighted by molar-refractivity contribution is 0.564. The topological polar surface area (TPSA) is 24.1 Å². The SMILES string of the molecule is CCC(CC)NC(=S)NCCc1ccccc1. The first-order valence-corrected chi connectivity index (χ1v) is 6.75. The molecule has 0 fully saturated rings. The maximum Gasteiger partial charge on any atom is 0.166 e. The van der Waals surface area contributed by atoms with E-state index in [4.69, 9.17) is 12.2 Å². The van der Waals surface area contributed by atoms with Gasteiger partial charge in [0.05, 0.1) is 0 Å². The summed E-state index contributed by atoms with van der Waals surface area (Å²) in [7, 11) is 0. The predicted molar refractivity (Wildman–Crippen MR) is 78.3 cm³/mol. The first kappa shape index (κ1) is 14.0. The third-order valence-electron chi connectivity index (χ3n) is 2.86. The zero-order chi connectivity index (χ0) is 12.5. The van der Waals surface area contributed by atoms with Crippen molar-refractivity contribution in [1.82, 2.24) is 10.6 Å². The summed E-state index contributed by atoms with van der Waals surface area (Å²) in [6, 6.07) is 10.9. The van der Waals surface area contributed by atoms with E-state index in [0.717, 1.165) is 30.9 Å². The lowest BCUT2D eigenvalue weighted by atomic mass is 10.1. The van der Waals surface area contributed by atoms with Crippen LogP contribution in [0.1, 0.15) is 32.3 Å². The smallest absolute Gasteiger partial charge is 0.166 e. The summed E-state index contributed by atoms with van der Waals surface area (Å²) in [5.74, 6) is 0. The molecule has 1 aromatic rings. The van der Waals surface area contributed by atoms with Crippen molar-refractivity contribution in [3.8, 4) is 0 Å². The van der Waals surface area contributed by atoms with Gasteiger partial charge in [-0.15, -0.1) is 0 Å². The largest absolute Gasteiger partial charge is 0.362 e. The van der Waals surface area contributed by atoms with E-state index in [1.165, 1.54) is 5.56 Å². The average molecular weight is 250 g/mol. The summed E-state index contributed by atoms with van der Waals surface area (Å²) in [6.45, 7) is 5.23. The average Bonchev–Trinajstić information content (AvgIpc) is 2.37. The molecule has 0 heterocycles. The van der Waals surface area contributed by atoms with Crippen molar-refractivity contribution in [2.24, 2.45) is 0 Å². The number of hydrogen-bond acceptors (Lipinski definition) is 1. The molecule has 0 aromatic heterocycles. The highest BCUT2D eigenvalue weighted by molar-refractivity contribution is 7.80. The Morgan fingerprint density at radius 2 is 1.82 bits per heavy atom. The van der Waals surface area contributed by atoms with Crippen LogP contribution in [-0.2, 0) is 6.42 Å². The Hall–Kier alpha value is -1.09. The number of nitrogens with one attached hydrogen (secondary N) is 2. The van der Waals surface area contributed by atoms with Crippen molar-refractivity contribution >= 4 is 17.3 Å². The monoisotopic (exact) mass is 250 g/mol. The molecule has 0 saturated carbocycles. The van der Waals surface area contributed by atoms with Crippen LogP contribution in [0.25, 0.3) is 0 Å². The summed E-state index contributed by atoms with van der Waals surface area (Å²) in [6.07, 6.45) is 3.22. The van der Waals surface area contributed by atoms with Crippen LogP contribution in [0.5, 0.6) is 0 Å². The van der Waals surface area contributed by atoms with Crippen LogP contribution in [0.4, 0.5) is 0 Å². The van der Waals surface area contributed by atoms with E-state index in [1.807, 2.05) is 6.07 Å². The lowest BCUT2D eigenvalue weighted by Gasteiger charge is -2.17. The minimum Gasteiger partial charge on any atom is -0.362 e. The van der Waals surface area contributed by atoms with E-state index in [-0.39, 0.29) is 0 Å². The maximum atomic E-state index is 5.26.